The van der Waals surface area contributed by atoms with Gasteiger partial charge < -0.3 is 9.47 Å². The Bertz CT molecular complexity index is 1580. The summed E-state index contributed by atoms with van der Waals surface area (Å²) in [6, 6.07) is 6.71. The lowest BCUT2D eigenvalue weighted by molar-refractivity contribution is -0.385. The second kappa shape index (κ2) is 18.6. The summed E-state index contributed by atoms with van der Waals surface area (Å²) in [5.41, 5.74) is 0.989. The minimum absolute atomic E-state index is 0. The number of nitrogens with zero attached hydrogens (tertiary/aromatic N) is 5. The molecule has 0 atom stereocenters. The second-order valence-electron chi connectivity index (χ2n) is 11.0. The summed E-state index contributed by atoms with van der Waals surface area (Å²) in [6.07, 6.45) is 10.1. The van der Waals surface area contributed by atoms with Gasteiger partial charge in [0.1, 0.15) is 18.6 Å². The van der Waals surface area contributed by atoms with E-state index in [1.54, 1.807) is 28.9 Å². The summed E-state index contributed by atoms with van der Waals surface area (Å²) in [6.45, 7) is 1.89. The van der Waals surface area contributed by atoms with Gasteiger partial charge in [-0.3, -0.25) is 43.8 Å². The molecule has 17 nitrogen and oxygen atoms in total. The molecule has 0 spiro atoms. The van der Waals surface area contributed by atoms with Gasteiger partial charge in [0.05, 0.1) is 59.1 Å². The predicted octanol–water partition coefficient (Wildman–Crippen LogP) is 5.08. The molecule has 0 aliphatic heterocycles. The van der Waals surface area contributed by atoms with Crippen molar-refractivity contribution in [2.75, 3.05) is 14.2 Å². The number of hydrogen-bond donors (Lipinski definition) is 1. The van der Waals surface area contributed by atoms with Crippen LogP contribution < -0.4 is 0 Å². The Labute approximate surface area is 278 Å². The third-order valence-electron chi connectivity index (χ3n) is 7.88. The minimum Gasteiger partial charge on any atom is -0.469 e. The van der Waals surface area contributed by atoms with Crippen molar-refractivity contribution in [1.29, 1.82) is 0 Å². The third kappa shape index (κ3) is 11.5. The number of esters is 2. The number of rotatable bonds is 8. The van der Waals surface area contributed by atoms with Crippen molar-refractivity contribution in [3.05, 3.63) is 74.8 Å². The molecule has 2 saturated carbocycles. The van der Waals surface area contributed by atoms with Gasteiger partial charge in [-0.1, -0.05) is 25.1 Å². The fourth-order valence-corrected chi connectivity index (χ4v) is 6.34. The average Bonchev–Trinajstić information content (AvgIpc) is 3.79. The van der Waals surface area contributed by atoms with Crippen molar-refractivity contribution in [1.82, 2.24) is 20.0 Å². The van der Waals surface area contributed by atoms with Gasteiger partial charge >= 0.3 is 23.3 Å². The Morgan fingerprint density at radius 2 is 1.38 bits per heavy atom. The molecule has 2 heterocycles. The second-order valence-corrected chi connectivity index (χ2v) is 12.6. The van der Waals surface area contributed by atoms with E-state index < -0.39 is 20.0 Å². The van der Waals surface area contributed by atoms with Crippen molar-refractivity contribution in [2.24, 2.45) is 11.8 Å². The fraction of sp³-hybridized carbons (Fsp3) is 0.533. The zero-order chi connectivity index (χ0) is 34.6. The Balaban J connectivity index is 0.000000269. The van der Waals surface area contributed by atoms with E-state index in [2.05, 4.69) is 15.3 Å². The number of nitro groups is 2. The molecule has 2 aliphatic rings. The summed E-state index contributed by atoms with van der Waals surface area (Å²) >= 11 is 0. The lowest BCUT2D eigenvalue weighted by atomic mass is 9.86. The summed E-state index contributed by atoms with van der Waals surface area (Å²) in [5, 5.41) is 30.1. The molecule has 18 heteroatoms. The first-order chi connectivity index (χ1) is 22.3. The molecule has 2 aromatic heterocycles. The van der Waals surface area contributed by atoms with Crippen LogP contribution in [0.1, 0.15) is 70.4 Å². The smallest absolute Gasteiger partial charge is 0.308 e. The molecule has 0 bridgehead atoms. The average molecular weight is 695 g/mol. The SMILES string of the molecule is C.COC(=O)C1CCC(OS(=O)(=O)c2ccc(C)cc2)CC1.COC(=O)C1CCC(n2cc([N+](=O)[O-])cn2)CC1.O=[N+]([O-])c1cn[nH]c1. The summed E-state index contributed by atoms with van der Waals surface area (Å²) < 4.78 is 40.7. The van der Waals surface area contributed by atoms with Gasteiger partial charge in [-0.15, -0.1) is 0 Å². The number of aromatic nitrogens is 4. The van der Waals surface area contributed by atoms with Gasteiger partial charge in [0.15, 0.2) is 0 Å². The van der Waals surface area contributed by atoms with Gasteiger partial charge in [0.25, 0.3) is 10.1 Å². The molecule has 0 saturated heterocycles. The number of methoxy groups -OCH3 is 2. The zero-order valence-electron chi connectivity index (χ0n) is 26.2. The molecule has 264 valence electrons. The van der Waals surface area contributed by atoms with Crippen molar-refractivity contribution in [3.63, 3.8) is 0 Å². The number of H-pyrrole nitrogens is 1. The van der Waals surface area contributed by atoms with Crippen molar-refractivity contribution >= 4 is 33.4 Å². The van der Waals surface area contributed by atoms with E-state index in [1.807, 2.05) is 6.92 Å². The lowest BCUT2D eigenvalue weighted by Gasteiger charge is -2.26. The summed E-state index contributed by atoms with van der Waals surface area (Å²) in [4.78, 5) is 42.4. The molecule has 3 aromatic rings. The predicted molar refractivity (Wildman–Crippen MR) is 171 cm³/mol. The molecule has 0 amide bonds. The van der Waals surface area contributed by atoms with E-state index in [-0.39, 0.29) is 59.6 Å². The first kappa shape index (κ1) is 39.5. The molecule has 2 aliphatic carbocycles. The van der Waals surface area contributed by atoms with Crippen LogP contribution in [0.3, 0.4) is 0 Å². The Morgan fingerprint density at radius 1 is 0.854 bits per heavy atom. The van der Waals surface area contributed by atoms with Gasteiger partial charge in [0, 0.05) is 0 Å². The van der Waals surface area contributed by atoms with Crippen LogP contribution >= 0.6 is 0 Å². The molecule has 5 rings (SSSR count). The summed E-state index contributed by atoms with van der Waals surface area (Å²) in [5.74, 6) is -0.580. The molecular formula is C30H42N6O11S. The van der Waals surface area contributed by atoms with Crippen molar-refractivity contribution < 1.29 is 41.5 Å². The highest BCUT2D eigenvalue weighted by Crippen LogP contribution is 2.33. The number of hydrogen-bond acceptors (Lipinski definition) is 13. The number of ether oxygens (including phenoxy) is 2. The monoisotopic (exact) mass is 694 g/mol. The molecule has 1 aromatic carbocycles. The Morgan fingerprint density at radius 3 is 1.79 bits per heavy atom. The highest BCUT2D eigenvalue weighted by molar-refractivity contribution is 7.86. The Kier molecular flexibility index (Phi) is 15.3. The largest absolute Gasteiger partial charge is 0.469 e. The first-order valence-corrected chi connectivity index (χ1v) is 16.2. The van der Waals surface area contributed by atoms with Gasteiger partial charge in [-0.2, -0.15) is 18.6 Å². The third-order valence-corrected chi connectivity index (χ3v) is 9.25. The van der Waals surface area contributed by atoms with Crippen LogP contribution in [0.5, 0.6) is 0 Å². The normalized spacial score (nSPS) is 20.3. The zero-order valence-corrected chi connectivity index (χ0v) is 27.0. The van der Waals surface area contributed by atoms with E-state index >= 15 is 0 Å². The minimum atomic E-state index is -3.74. The molecule has 1 N–H and O–H groups in total. The highest BCUT2D eigenvalue weighted by Gasteiger charge is 2.31. The van der Waals surface area contributed by atoms with Crippen LogP contribution in [0.2, 0.25) is 0 Å². The lowest BCUT2D eigenvalue weighted by Crippen LogP contribution is -2.28. The van der Waals surface area contributed by atoms with E-state index in [0.29, 0.717) is 25.7 Å². The van der Waals surface area contributed by atoms with Crippen LogP contribution in [-0.2, 0) is 33.4 Å². The molecular weight excluding hydrogens is 652 g/mol. The van der Waals surface area contributed by atoms with E-state index in [9.17, 15) is 38.2 Å². The van der Waals surface area contributed by atoms with Crippen LogP contribution in [-0.4, -0.2) is 70.5 Å². The quantitative estimate of drug-likeness (QED) is 0.140. The van der Waals surface area contributed by atoms with Crippen molar-refractivity contribution in [3.8, 4) is 0 Å². The number of aryl methyl sites for hydroxylation is 1. The van der Waals surface area contributed by atoms with Gasteiger partial charge in [-0.25, -0.2) is 0 Å². The number of nitrogens with one attached hydrogen (secondary N) is 1. The Hall–Kier alpha value is -4.71. The number of carbonyl (C=O) groups is 2. The maximum absolute atomic E-state index is 12.2. The molecule has 0 unspecified atom stereocenters. The summed E-state index contributed by atoms with van der Waals surface area (Å²) in [7, 11) is -0.974. The van der Waals surface area contributed by atoms with Gasteiger partial charge in [-0.05, 0) is 70.4 Å². The van der Waals surface area contributed by atoms with Crippen molar-refractivity contribution in [2.45, 2.75) is 82.8 Å². The molecule has 2 fully saturated rings. The van der Waals surface area contributed by atoms with E-state index in [4.69, 9.17) is 13.7 Å². The van der Waals surface area contributed by atoms with Crippen LogP contribution in [0.4, 0.5) is 11.4 Å². The number of benzene rings is 1. The maximum atomic E-state index is 12.2. The van der Waals surface area contributed by atoms with E-state index in [1.165, 1.54) is 32.8 Å². The highest BCUT2D eigenvalue weighted by atomic mass is 32.2. The van der Waals surface area contributed by atoms with Gasteiger partial charge in [0.2, 0.25) is 0 Å². The van der Waals surface area contributed by atoms with Crippen LogP contribution in [0.25, 0.3) is 0 Å². The van der Waals surface area contributed by atoms with Crippen LogP contribution in [0.15, 0.2) is 53.9 Å². The standard InChI is InChI=1S/C15H20O5S.C11H15N3O4.C3H3N3O2.CH4/c1-11-3-9-14(10-4-11)21(17,18)20-13-7-5-12(6-8-13)15(16)19-2;1-18-11(15)8-2-4-9(5-3-8)13-7-10(6-12-13)14(16)17;7-6(8)3-1-4-5-2-3;/h3-4,9-10,12-13H,5-8H2,1-2H3;6-9H,2-5H2,1H3;1-2H,(H,4,5);1H4. The topological polar surface area (TPSA) is 229 Å². The van der Waals surface area contributed by atoms with E-state index in [0.717, 1.165) is 37.4 Å². The fourth-order valence-electron chi connectivity index (χ4n) is 5.21. The number of aromatic amines is 1. The first-order valence-electron chi connectivity index (χ1n) is 14.8. The molecule has 0 radical (unpaired) electrons. The maximum Gasteiger partial charge on any atom is 0.308 e. The molecule has 48 heavy (non-hydrogen) atoms. The van der Waals surface area contributed by atoms with Crippen LogP contribution in [0, 0.1) is 39.0 Å². The number of carbonyl (C=O) groups excluding carboxylic acids is 2.